The standard InChI is InChI=1S/C21H18N4O6S2/c1-2-31-16-9-3-13(4-10-16)11-17-20(28)24(21(32)33-17)12-18(26)22-23-19(27)14-5-7-15(8-6-14)25(29)30/h3-11H,2,12H2,1H3,(H,22,26)(H,23,27). The van der Waals surface area contributed by atoms with Crippen LogP contribution in [0.1, 0.15) is 22.8 Å². The predicted octanol–water partition coefficient (Wildman–Crippen LogP) is 2.66. The lowest BCUT2D eigenvalue weighted by Crippen LogP contribution is -2.47. The molecule has 12 heteroatoms. The molecule has 0 radical (unpaired) electrons. The molecule has 3 amide bonds. The van der Waals surface area contributed by atoms with Crippen molar-refractivity contribution in [3.8, 4) is 5.75 Å². The van der Waals surface area contributed by atoms with Gasteiger partial charge in [-0.1, -0.05) is 36.1 Å². The lowest BCUT2D eigenvalue weighted by atomic mass is 10.2. The average Bonchev–Trinajstić information content (AvgIpc) is 3.06. The number of nitro groups is 1. The number of non-ortho nitro benzene ring substituents is 1. The van der Waals surface area contributed by atoms with Crippen molar-refractivity contribution in [2.24, 2.45) is 0 Å². The van der Waals surface area contributed by atoms with E-state index in [0.717, 1.165) is 28.0 Å². The van der Waals surface area contributed by atoms with Crippen LogP contribution >= 0.6 is 24.0 Å². The van der Waals surface area contributed by atoms with E-state index in [1.54, 1.807) is 30.3 Å². The third-order valence-electron chi connectivity index (χ3n) is 4.32. The smallest absolute Gasteiger partial charge is 0.269 e. The molecule has 1 aliphatic heterocycles. The second-order valence-corrected chi connectivity index (χ2v) is 8.25. The van der Waals surface area contributed by atoms with Gasteiger partial charge >= 0.3 is 0 Å². The van der Waals surface area contributed by atoms with Gasteiger partial charge < -0.3 is 4.74 Å². The van der Waals surface area contributed by atoms with Crippen molar-refractivity contribution in [3.05, 3.63) is 74.7 Å². The fraction of sp³-hybridized carbons (Fsp3) is 0.143. The van der Waals surface area contributed by atoms with Crippen molar-refractivity contribution in [1.29, 1.82) is 0 Å². The summed E-state index contributed by atoms with van der Waals surface area (Å²) in [6, 6.07) is 12.0. The lowest BCUT2D eigenvalue weighted by molar-refractivity contribution is -0.384. The number of carbonyl (C=O) groups is 3. The first-order valence-corrected chi connectivity index (χ1v) is 10.8. The molecule has 10 nitrogen and oxygen atoms in total. The van der Waals surface area contributed by atoms with Crippen molar-refractivity contribution >= 4 is 57.8 Å². The molecule has 2 aromatic rings. The van der Waals surface area contributed by atoms with Crippen LogP contribution in [0.15, 0.2) is 53.4 Å². The maximum atomic E-state index is 12.7. The van der Waals surface area contributed by atoms with Crippen LogP contribution in [0.2, 0.25) is 0 Å². The number of hydrogen-bond acceptors (Lipinski definition) is 8. The van der Waals surface area contributed by atoms with E-state index in [2.05, 4.69) is 10.9 Å². The highest BCUT2D eigenvalue weighted by molar-refractivity contribution is 8.26. The largest absolute Gasteiger partial charge is 0.494 e. The molecule has 0 unspecified atom stereocenters. The second-order valence-electron chi connectivity index (χ2n) is 6.58. The van der Waals surface area contributed by atoms with Gasteiger partial charge in [0.05, 0.1) is 16.4 Å². The van der Waals surface area contributed by atoms with E-state index < -0.39 is 22.6 Å². The minimum Gasteiger partial charge on any atom is -0.494 e. The van der Waals surface area contributed by atoms with E-state index in [1.165, 1.54) is 24.3 Å². The number of nitro benzene ring substituents is 1. The third-order valence-corrected chi connectivity index (χ3v) is 5.70. The molecule has 0 spiro atoms. The van der Waals surface area contributed by atoms with Gasteiger partial charge in [0, 0.05) is 17.7 Å². The molecule has 0 atom stereocenters. The molecule has 0 bridgehead atoms. The number of thioether (sulfide) groups is 1. The number of nitrogens with zero attached hydrogens (tertiary/aromatic N) is 2. The zero-order chi connectivity index (χ0) is 24.0. The quantitative estimate of drug-likeness (QED) is 0.264. The maximum absolute atomic E-state index is 12.7. The summed E-state index contributed by atoms with van der Waals surface area (Å²) in [5.74, 6) is -1.03. The van der Waals surface area contributed by atoms with E-state index in [-0.39, 0.29) is 22.1 Å². The number of nitrogens with one attached hydrogen (secondary N) is 2. The number of rotatable bonds is 7. The van der Waals surface area contributed by atoms with E-state index >= 15 is 0 Å². The van der Waals surface area contributed by atoms with Crippen LogP contribution in [0.4, 0.5) is 5.69 Å². The fourth-order valence-electron chi connectivity index (χ4n) is 2.73. The van der Waals surface area contributed by atoms with Gasteiger partial charge in [0.25, 0.3) is 23.4 Å². The summed E-state index contributed by atoms with van der Waals surface area (Å²) in [4.78, 5) is 48.6. The number of hydrazine groups is 1. The Bertz CT molecular complexity index is 1130. The molecule has 3 rings (SSSR count). The molecule has 0 saturated carbocycles. The highest BCUT2D eigenvalue weighted by Crippen LogP contribution is 2.32. The van der Waals surface area contributed by atoms with Crippen molar-refractivity contribution in [1.82, 2.24) is 15.8 Å². The van der Waals surface area contributed by atoms with Crippen LogP contribution < -0.4 is 15.6 Å². The maximum Gasteiger partial charge on any atom is 0.269 e. The fourth-order valence-corrected chi connectivity index (χ4v) is 3.99. The van der Waals surface area contributed by atoms with Crippen molar-refractivity contribution in [2.75, 3.05) is 13.2 Å². The van der Waals surface area contributed by atoms with E-state index in [0.29, 0.717) is 11.5 Å². The summed E-state index contributed by atoms with van der Waals surface area (Å²) in [6.07, 6.45) is 1.67. The Labute approximate surface area is 198 Å². The van der Waals surface area contributed by atoms with Crippen LogP contribution in [0.3, 0.4) is 0 Å². The van der Waals surface area contributed by atoms with Crippen molar-refractivity contribution < 1.29 is 24.0 Å². The molecule has 1 heterocycles. The van der Waals surface area contributed by atoms with Crippen LogP contribution in [0.25, 0.3) is 6.08 Å². The Morgan fingerprint density at radius 1 is 1.15 bits per heavy atom. The van der Waals surface area contributed by atoms with Crippen LogP contribution in [-0.2, 0) is 9.59 Å². The summed E-state index contributed by atoms with van der Waals surface area (Å²) in [7, 11) is 0. The zero-order valence-corrected chi connectivity index (χ0v) is 18.9. The summed E-state index contributed by atoms with van der Waals surface area (Å²) < 4.78 is 5.61. The number of benzene rings is 2. The number of thiocarbonyl (C=S) groups is 1. The first kappa shape index (κ1) is 23.9. The molecule has 1 aliphatic rings. The van der Waals surface area contributed by atoms with E-state index in [1.807, 2.05) is 6.92 Å². The zero-order valence-electron chi connectivity index (χ0n) is 17.3. The Kier molecular flexibility index (Phi) is 7.74. The number of amides is 3. The van der Waals surface area contributed by atoms with Crippen molar-refractivity contribution in [3.63, 3.8) is 0 Å². The molecular weight excluding hydrogens is 468 g/mol. The van der Waals surface area contributed by atoms with Gasteiger partial charge in [-0.3, -0.25) is 40.2 Å². The summed E-state index contributed by atoms with van der Waals surface area (Å²) in [5.41, 5.74) is 5.12. The van der Waals surface area contributed by atoms with Crippen LogP contribution in [-0.4, -0.2) is 45.0 Å². The Balaban J connectivity index is 1.56. The molecule has 170 valence electrons. The Hall–Kier alpha value is -3.77. The minimum absolute atomic E-state index is 0.116. The molecular formula is C21H18N4O6S2. The lowest BCUT2D eigenvalue weighted by Gasteiger charge is -2.14. The first-order chi connectivity index (χ1) is 15.8. The first-order valence-electron chi connectivity index (χ1n) is 9.60. The van der Waals surface area contributed by atoms with Crippen molar-refractivity contribution in [2.45, 2.75) is 6.92 Å². The molecule has 33 heavy (non-hydrogen) atoms. The SMILES string of the molecule is CCOc1ccc(C=C2SC(=S)N(CC(=O)NNC(=O)c3ccc([N+](=O)[O-])cc3)C2=O)cc1. The third kappa shape index (κ3) is 6.14. The van der Waals surface area contributed by atoms with Gasteiger partial charge in [-0.25, -0.2) is 0 Å². The Morgan fingerprint density at radius 2 is 1.82 bits per heavy atom. The van der Waals surface area contributed by atoms with Gasteiger partial charge in [-0.15, -0.1) is 0 Å². The Morgan fingerprint density at radius 3 is 2.42 bits per heavy atom. The van der Waals surface area contributed by atoms with E-state index in [9.17, 15) is 24.5 Å². The highest BCUT2D eigenvalue weighted by Gasteiger charge is 2.33. The average molecular weight is 487 g/mol. The molecule has 0 aromatic heterocycles. The summed E-state index contributed by atoms with van der Waals surface area (Å²) in [6.45, 7) is 2.05. The van der Waals surface area contributed by atoms with E-state index in [4.69, 9.17) is 17.0 Å². The minimum atomic E-state index is -0.668. The number of carbonyl (C=O) groups excluding carboxylic acids is 3. The highest BCUT2D eigenvalue weighted by atomic mass is 32.2. The van der Waals surface area contributed by atoms with Gasteiger partial charge in [0.1, 0.15) is 16.6 Å². The predicted molar refractivity (Wildman–Crippen MR) is 126 cm³/mol. The van der Waals surface area contributed by atoms with Gasteiger partial charge in [-0.2, -0.15) is 0 Å². The van der Waals surface area contributed by atoms with Gasteiger partial charge in [-0.05, 0) is 42.8 Å². The molecule has 1 fully saturated rings. The number of ether oxygens (including phenoxy) is 1. The normalized spacial score (nSPS) is 14.3. The molecule has 2 N–H and O–H groups in total. The van der Waals surface area contributed by atoms with Crippen LogP contribution in [0.5, 0.6) is 5.75 Å². The number of hydrogen-bond donors (Lipinski definition) is 2. The van der Waals surface area contributed by atoms with Crippen LogP contribution in [0, 0.1) is 10.1 Å². The topological polar surface area (TPSA) is 131 Å². The molecule has 1 saturated heterocycles. The second kappa shape index (κ2) is 10.7. The monoisotopic (exact) mass is 486 g/mol. The molecule has 2 aromatic carbocycles. The van der Waals surface area contributed by atoms with Gasteiger partial charge in [0.15, 0.2) is 0 Å². The molecule has 0 aliphatic carbocycles. The summed E-state index contributed by atoms with van der Waals surface area (Å²) in [5, 5.41) is 10.7. The van der Waals surface area contributed by atoms with Gasteiger partial charge in [0.2, 0.25) is 0 Å². The summed E-state index contributed by atoms with van der Waals surface area (Å²) >= 11 is 6.29.